The van der Waals surface area contributed by atoms with E-state index in [-0.39, 0.29) is 17.9 Å². The molecule has 3 rings (SSSR count). The first kappa shape index (κ1) is 19.0. The minimum atomic E-state index is -0.0144. The highest BCUT2D eigenvalue weighted by Crippen LogP contribution is 2.24. The van der Waals surface area contributed by atoms with E-state index in [9.17, 15) is 9.59 Å². The summed E-state index contributed by atoms with van der Waals surface area (Å²) < 4.78 is 1.69. The molecule has 2 atom stereocenters. The number of nitrogens with one attached hydrogen (secondary N) is 2. The SMILES string of the molecule is CC(=O)NC[C@H]1CC[C@@H](CC(=O)NCc2ccc(-n3cncn3)cc2)N1C. The molecule has 0 unspecified atom stereocenters. The van der Waals surface area contributed by atoms with Crippen LogP contribution in [0.4, 0.5) is 0 Å². The van der Waals surface area contributed by atoms with Crippen LogP contribution in [0.5, 0.6) is 0 Å². The highest BCUT2D eigenvalue weighted by Gasteiger charge is 2.31. The molecule has 1 aliphatic heterocycles. The lowest BCUT2D eigenvalue weighted by Crippen LogP contribution is -2.41. The van der Waals surface area contributed by atoms with Crippen molar-refractivity contribution in [3.05, 3.63) is 42.5 Å². The quantitative estimate of drug-likeness (QED) is 0.755. The minimum Gasteiger partial charge on any atom is -0.355 e. The highest BCUT2D eigenvalue weighted by atomic mass is 16.2. The Balaban J connectivity index is 1.44. The Hall–Kier alpha value is -2.74. The van der Waals surface area contributed by atoms with E-state index in [4.69, 9.17) is 0 Å². The molecule has 2 aromatic rings. The van der Waals surface area contributed by atoms with Gasteiger partial charge in [-0.15, -0.1) is 0 Å². The van der Waals surface area contributed by atoms with Gasteiger partial charge in [0.15, 0.2) is 0 Å². The predicted octanol–water partition coefficient (Wildman–Crippen LogP) is 0.873. The summed E-state index contributed by atoms with van der Waals surface area (Å²) in [5.41, 5.74) is 1.97. The molecular formula is C19H26N6O2. The Kier molecular flexibility index (Phi) is 6.18. The fourth-order valence-electron chi connectivity index (χ4n) is 3.44. The fraction of sp³-hybridized carbons (Fsp3) is 0.474. The maximum atomic E-state index is 12.3. The van der Waals surface area contributed by atoms with Crippen molar-refractivity contribution in [3.8, 4) is 5.69 Å². The van der Waals surface area contributed by atoms with Gasteiger partial charge >= 0.3 is 0 Å². The topological polar surface area (TPSA) is 92.2 Å². The number of hydrogen-bond donors (Lipinski definition) is 2. The average Bonchev–Trinajstić information content (AvgIpc) is 3.30. The Labute approximate surface area is 159 Å². The molecule has 0 radical (unpaired) electrons. The number of hydrogen-bond acceptors (Lipinski definition) is 5. The number of aromatic nitrogens is 3. The second kappa shape index (κ2) is 8.77. The predicted molar refractivity (Wildman–Crippen MR) is 101 cm³/mol. The molecule has 1 aromatic carbocycles. The molecule has 2 amide bonds. The first-order valence-corrected chi connectivity index (χ1v) is 9.20. The van der Waals surface area contributed by atoms with Gasteiger partial charge < -0.3 is 10.6 Å². The van der Waals surface area contributed by atoms with Gasteiger partial charge in [0, 0.05) is 38.5 Å². The van der Waals surface area contributed by atoms with Crippen molar-refractivity contribution in [2.45, 2.75) is 44.8 Å². The van der Waals surface area contributed by atoms with Gasteiger partial charge in [0.05, 0.1) is 5.69 Å². The summed E-state index contributed by atoms with van der Waals surface area (Å²) >= 11 is 0. The van der Waals surface area contributed by atoms with Crippen molar-refractivity contribution in [2.75, 3.05) is 13.6 Å². The van der Waals surface area contributed by atoms with Crippen LogP contribution in [0, 0.1) is 0 Å². The molecule has 8 heteroatoms. The van der Waals surface area contributed by atoms with Crippen molar-refractivity contribution in [1.29, 1.82) is 0 Å². The molecule has 1 saturated heterocycles. The molecule has 1 fully saturated rings. The third kappa shape index (κ3) is 5.13. The summed E-state index contributed by atoms with van der Waals surface area (Å²) in [5, 5.41) is 9.95. The zero-order valence-electron chi connectivity index (χ0n) is 15.8. The third-order valence-electron chi connectivity index (χ3n) is 5.10. The molecule has 1 aliphatic rings. The Morgan fingerprint density at radius 1 is 1.15 bits per heavy atom. The van der Waals surface area contributed by atoms with E-state index in [0.29, 0.717) is 25.6 Å². The number of benzene rings is 1. The van der Waals surface area contributed by atoms with Crippen molar-refractivity contribution in [1.82, 2.24) is 30.3 Å². The summed E-state index contributed by atoms with van der Waals surface area (Å²) in [4.78, 5) is 29.5. The fourth-order valence-corrected chi connectivity index (χ4v) is 3.44. The zero-order chi connectivity index (χ0) is 19.2. The van der Waals surface area contributed by atoms with Crippen LogP contribution in [-0.4, -0.2) is 57.2 Å². The lowest BCUT2D eigenvalue weighted by Gasteiger charge is -2.25. The third-order valence-corrected chi connectivity index (χ3v) is 5.10. The van der Waals surface area contributed by atoms with Crippen LogP contribution in [0.25, 0.3) is 5.69 Å². The van der Waals surface area contributed by atoms with Gasteiger partial charge in [-0.05, 0) is 37.6 Å². The van der Waals surface area contributed by atoms with Gasteiger partial charge in [-0.1, -0.05) is 12.1 Å². The Morgan fingerprint density at radius 2 is 1.89 bits per heavy atom. The van der Waals surface area contributed by atoms with E-state index in [1.807, 2.05) is 31.3 Å². The number of carbonyl (C=O) groups is 2. The maximum absolute atomic E-state index is 12.3. The van der Waals surface area contributed by atoms with E-state index < -0.39 is 0 Å². The van der Waals surface area contributed by atoms with Crippen molar-refractivity contribution in [2.24, 2.45) is 0 Å². The van der Waals surface area contributed by atoms with Crippen LogP contribution < -0.4 is 10.6 Å². The summed E-state index contributed by atoms with van der Waals surface area (Å²) in [5.74, 6) is 0.0341. The second-order valence-electron chi connectivity index (χ2n) is 6.97. The molecule has 0 spiro atoms. The molecule has 1 aromatic heterocycles. The van der Waals surface area contributed by atoms with Crippen LogP contribution >= 0.6 is 0 Å². The lowest BCUT2D eigenvalue weighted by molar-refractivity contribution is -0.122. The van der Waals surface area contributed by atoms with Crippen molar-refractivity contribution >= 4 is 11.8 Å². The Morgan fingerprint density at radius 3 is 2.56 bits per heavy atom. The monoisotopic (exact) mass is 370 g/mol. The molecule has 144 valence electrons. The van der Waals surface area contributed by atoms with Gasteiger partial charge in [0.2, 0.25) is 11.8 Å². The summed E-state index contributed by atoms with van der Waals surface area (Å²) in [6, 6.07) is 8.38. The van der Waals surface area contributed by atoms with Gasteiger partial charge in [0.1, 0.15) is 12.7 Å². The van der Waals surface area contributed by atoms with E-state index in [0.717, 1.165) is 24.1 Å². The van der Waals surface area contributed by atoms with Crippen LogP contribution in [0.2, 0.25) is 0 Å². The van der Waals surface area contributed by atoms with E-state index >= 15 is 0 Å². The number of nitrogens with zero attached hydrogens (tertiary/aromatic N) is 4. The zero-order valence-corrected chi connectivity index (χ0v) is 15.8. The molecule has 8 nitrogen and oxygen atoms in total. The van der Waals surface area contributed by atoms with E-state index in [2.05, 4.69) is 25.6 Å². The summed E-state index contributed by atoms with van der Waals surface area (Å²) in [7, 11) is 2.03. The van der Waals surface area contributed by atoms with Gasteiger partial charge in [-0.3, -0.25) is 14.5 Å². The normalized spacial score (nSPS) is 19.8. The number of rotatable bonds is 7. The van der Waals surface area contributed by atoms with Crippen molar-refractivity contribution < 1.29 is 9.59 Å². The smallest absolute Gasteiger partial charge is 0.221 e. The number of likely N-dealkylation sites (N-methyl/N-ethyl adjacent to an activating group) is 1. The second-order valence-corrected chi connectivity index (χ2v) is 6.97. The van der Waals surface area contributed by atoms with Gasteiger partial charge in [-0.25, -0.2) is 9.67 Å². The summed E-state index contributed by atoms with van der Waals surface area (Å²) in [6.07, 6.45) is 5.59. The molecule has 2 N–H and O–H groups in total. The van der Waals surface area contributed by atoms with Crippen LogP contribution in [0.3, 0.4) is 0 Å². The number of likely N-dealkylation sites (tertiary alicyclic amines) is 1. The standard InChI is InChI=1S/C19H26N6O2/c1-14(26)21-11-18-8-7-17(24(18)2)9-19(27)22-10-15-3-5-16(6-4-15)25-13-20-12-23-25/h3-6,12-13,17-18H,7-11H2,1-2H3,(H,21,26)(H,22,27)/t17-,18+/m0/s1. The van der Waals surface area contributed by atoms with Gasteiger partial charge in [-0.2, -0.15) is 5.10 Å². The first-order valence-electron chi connectivity index (χ1n) is 9.20. The minimum absolute atomic E-state index is 0.0144. The summed E-state index contributed by atoms with van der Waals surface area (Å²) in [6.45, 7) is 2.67. The Bertz CT molecular complexity index is 759. The van der Waals surface area contributed by atoms with E-state index in [1.54, 1.807) is 11.0 Å². The lowest BCUT2D eigenvalue weighted by atomic mass is 10.1. The highest BCUT2D eigenvalue weighted by molar-refractivity contribution is 5.76. The number of amides is 2. The van der Waals surface area contributed by atoms with E-state index in [1.165, 1.54) is 13.3 Å². The molecule has 2 heterocycles. The van der Waals surface area contributed by atoms with Crippen LogP contribution in [-0.2, 0) is 16.1 Å². The molecule has 0 aliphatic carbocycles. The number of carbonyl (C=O) groups excluding carboxylic acids is 2. The molecule has 0 saturated carbocycles. The molecular weight excluding hydrogens is 344 g/mol. The van der Waals surface area contributed by atoms with Crippen LogP contribution in [0.1, 0.15) is 31.7 Å². The largest absolute Gasteiger partial charge is 0.355 e. The molecule has 27 heavy (non-hydrogen) atoms. The first-order chi connectivity index (χ1) is 13.0. The maximum Gasteiger partial charge on any atom is 0.221 e. The van der Waals surface area contributed by atoms with Gasteiger partial charge in [0.25, 0.3) is 0 Å². The van der Waals surface area contributed by atoms with Crippen LogP contribution in [0.15, 0.2) is 36.9 Å². The molecule has 0 bridgehead atoms. The van der Waals surface area contributed by atoms with Crippen molar-refractivity contribution in [3.63, 3.8) is 0 Å². The average molecular weight is 370 g/mol.